The van der Waals surface area contributed by atoms with E-state index in [1.807, 2.05) is 0 Å². The van der Waals surface area contributed by atoms with Crippen LogP contribution >= 0.6 is 11.6 Å². The number of oxime groups is 1. The molecule has 0 unspecified atom stereocenters. The maximum atomic E-state index is 11.1. The van der Waals surface area contributed by atoms with E-state index in [4.69, 9.17) is 11.6 Å². The number of nitrogens with zero attached hydrogens (tertiary/aromatic N) is 2. The van der Waals surface area contributed by atoms with Gasteiger partial charge in [0.05, 0.1) is 0 Å². The predicted octanol–water partition coefficient (Wildman–Crippen LogP) is 1.61. The highest BCUT2D eigenvalue weighted by molar-refractivity contribution is 6.28. The molecule has 2 amide bonds. The van der Waals surface area contributed by atoms with Crippen molar-refractivity contribution in [1.82, 2.24) is 4.90 Å². The number of halogens is 1. The Morgan fingerprint density at radius 3 is 2.80 bits per heavy atom. The van der Waals surface area contributed by atoms with Crippen molar-refractivity contribution in [2.75, 3.05) is 12.9 Å². The van der Waals surface area contributed by atoms with Gasteiger partial charge in [0.1, 0.15) is 5.88 Å². The molecule has 84 valence electrons. The molecule has 1 aliphatic rings. The molecule has 0 spiro atoms. The van der Waals surface area contributed by atoms with Gasteiger partial charge in [0, 0.05) is 13.3 Å². The Morgan fingerprint density at radius 2 is 2.27 bits per heavy atom. The minimum atomic E-state index is -0.812. The number of carbonyl (C=O) groups is 2. The van der Waals surface area contributed by atoms with Gasteiger partial charge in [0.25, 0.3) is 0 Å². The molecule has 0 atom stereocenters. The van der Waals surface area contributed by atoms with E-state index in [1.54, 1.807) is 6.21 Å². The summed E-state index contributed by atoms with van der Waals surface area (Å²) in [6.07, 6.45) is 3.98. The van der Waals surface area contributed by atoms with Crippen LogP contribution in [0.1, 0.15) is 19.3 Å². The van der Waals surface area contributed by atoms with Crippen LogP contribution in [-0.2, 0) is 9.63 Å². The maximum absolute atomic E-state index is 11.1. The third kappa shape index (κ3) is 4.29. The third-order valence-corrected chi connectivity index (χ3v) is 2.33. The minimum absolute atomic E-state index is 0.253. The summed E-state index contributed by atoms with van der Waals surface area (Å²) < 4.78 is 0. The van der Waals surface area contributed by atoms with Gasteiger partial charge in [0.15, 0.2) is 0 Å². The highest BCUT2D eigenvalue weighted by Gasteiger charge is 2.20. The van der Waals surface area contributed by atoms with E-state index in [1.165, 1.54) is 19.9 Å². The first-order chi connectivity index (χ1) is 7.15. The lowest BCUT2D eigenvalue weighted by Gasteiger charge is -2.09. The van der Waals surface area contributed by atoms with Crippen LogP contribution in [0, 0.1) is 5.92 Å². The third-order valence-electron chi connectivity index (χ3n) is 2.10. The molecule has 1 rings (SSSR count). The molecule has 6 heteroatoms. The Hall–Kier alpha value is -1.10. The van der Waals surface area contributed by atoms with Gasteiger partial charge in [-0.3, -0.25) is 9.63 Å². The highest BCUT2D eigenvalue weighted by Crippen LogP contribution is 2.31. The Kier molecular flexibility index (Phi) is 4.55. The van der Waals surface area contributed by atoms with E-state index < -0.39 is 12.0 Å². The number of hydrogen-bond acceptors (Lipinski definition) is 4. The largest absolute Gasteiger partial charge is 0.442 e. The molecule has 0 aromatic heterocycles. The molecule has 0 aliphatic heterocycles. The molecule has 0 saturated heterocycles. The number of carbonyl (C=O) groups excluding carboxylic acids is 2. The summed E-state index contributed by atoms with van der Waals surface area (Å²) >= 11 is 5.26. The monoisotopic (exact) mass is 232 g/mol. The van der Waals surface area contributed by atoms with Crippen LogP contribution in [-0.4, -0.2) is 36.0 Å². The normalized spacial score (nSPS) is 15.3. The van der Waals surface area contributed by atoms with Gasteiger partial charge in [-0.05, 0) is 25.2 Å². The fourth-order valence-electron chi connectivity index (χ4n) is 0.881. The van der Waals surface area contributed by atoms with Crippen molar-refractivity contribution < 1.29 is 14.4 Å². The summed E-state index contributed by atoms with van der Waals surface area (Å²) in [5.74, 6) is -0.0779. The number of hydrogen-bond donors (Lipinski definition) is 0. The molecule has 1 saturated carbocycles. The first-order valence-electron chi connectivity index (χ1n) is 4.70. The van der Waals surface area contributed by atoms with E-state index in [-0.39, 0.29) is 5.88 Å². The highest BCUT2D eigenvalue weighted by atomic mass is 35.5. The van der Waals surface area contributed by atoms with Crippen LogP contribution in [0.4, 0.5) is 4.79 Å². The zero-order valence-electron chi connectivity index (χ0n) is 8.48. The van der Waals surface area contributed by atoms with Crippen molar-refractivity contribution in [3.63, 3.8) is 0 Å². The van der Waals surface area contributed by atoms with Crippen LogP contribution in [0.3, 0.4) is 0 Å². The molecule has 0 aromatic carbocycles. The van der Waals surface area contributed by atoms with Crippen LogP contribution < -0.4 is 0 Å². The average Bonchev–Trinajstić information content (AvgIpc) is 3.05. The molecule has 1 fully saturated rings. The zero-order valence-corrected chi connectivity index (χ0v) is 9.24. The van der Waals surface area contributed by atoms with Crippen LogP contribution in [0.2, 0.25) is 0 Å². The molecule has 0 N–H and O–H groups in total. The van der Waals surface area contributed by atoms with E-state index in [9.17, 15) is 9.59 Å². The summed E-state index contributed by atoms with van der Waals surface area (Å²) in [5.41, 5.74) is 0. The van der Waals surface area contributed by atoms with Gasteiger partial charge in [-0.1, -0.05) is 5.16 Å². The second kappa shape index (κ2) is 5.70. The molecule has 0 radical (unpaired) electrons. The Morgan fingerprint density at radius 1 is 1.60 bits per heavy atom. The molecule has 0 bridgehead atoms. The summed E-state index contributed by atoms with van der Waals surface area (Å²) in [4.78, 5) is 27.3. The first kappa shape index (κ1) is 12.0. The summed E-state index contributed by atoms with van der Waals surface area (Å²) in [6, 6.07) is 0. The number of amides is 2. The van der Waals surface area contributed by atoms with Gasteiger partial charge >= 0.3 is 6.09 Å². The van der Waals surface area contributed by atoms with Crippen molar-refractivity contribution in [3.8, 4) is 0 Å². The Balaban J connectivity index is 2.21. The lowest BCUT2D eigenvalue weighted by Crippen LogP contribution is -2.33. The van der Waals surface area contributed by atoms with E-state index in [0.29, 0.717) is 5.92 Å². The van der Waals surface area contributed by atoms with E-state index in [2.05, 4.69) is 9.99 Å². The Bertz CT molecular complexity index is 277. The molecule has 1 aliphatic carbocycles. The van der Waals surface area contributed by atoms with Gasteiger partial charge < -0.3 is 0 Å². The van der Waals surface area contributed by atoms with Crippen molar-refractivity contribution in [2.45, 2.75) is 19.3 Å². The quantitative estimate of drug-likeness (QED) is 0.320. The summed E-state index contributed by atoms with van der Waals surface area (Å²) in [6.45, 7) is 0. The molecule has 0 heterocycles. The van der Waals surface area contributed by atoms with Crippen molar-refractivity contribution in [3.05, 3.63) is 0 Å². The Labute approximate surface area is 93.0 Å². The van der Waals surface area contributed by atoms with Crippen molar-refractivity contribution >= 4 is 29.8 Å². The topological polar surface area (TPSA) is 59.0 Å². The SMILES string of the molecule is CN(C(=O)CCl)C(=O)ON=CCC1CC1. The first-order valence-corrected chi connectivity index (χ1v) is 5.24. The maximum Gasteiger partial charge on any atom is 0.442 e. The van der Waals surface area contributed by atoms with Crippen LogP contribution in [0.5, 0.6) is 0 Å². The lowest BCUT2D eigenvalue weighted by molar-refractivity contribution is -0.125. The lowest BCUT2D eigenvalue weighted by atomic mass is 10.3. The summed E-state index contributed by atoms with van der Waals surface area (Å²) in [7, 11) is 1.30. The van der Waals surface area contributed by atoms with Crippen molar-refractivity contribution in [1.29, 1.82) is 0 Å². The number of imide groups is 1. The summed E-state index contributed by atoms with van der Waals surface area (Å²) in [5, 5.41) is 3.48. The standard InChI is InChI=1S/C9H13ClN2O3/c1-12(8(13)6-10)9(14)15-11-5-4-7-2-3-7/h5,7H,2-4,6H2,1H3. The van der Waals surface area contributed by atoms with Gasteiger partial charge in [-0.2, -0.15) is 0 Å². The fourth-order valence-corrected chi connectivity index (χ4v) is 1.06. The van der Waals surface area contributed by atoms with E-state index in [0.717, 1.165) is 11.3 Å². The molecule has 5 nitrogen and oxygen atoms in total. The number of alkyl halides is 1. The number of rotatable bonds is 4. The van der Waals surface area contributed by atoms with Crippen LogP contribution in [0.25, 0.3) is 0 Å². The van der Waals surface area contributed by atoms with Gasteiger partial charge in [0.2, 0.25) is 5.91 Å². The molecular formula is C9H13ClN2O3. The fraction of sp³-hybridized carbons (Fsp3) is 0.667. The van der Waals surface area contributed by atoms with Crippen molar-refractivity contribution in [2.24, 2.45) is 11.1 Å². The van der Waals surface area contributed by atoms with Crippen LogP contribution in [0.15, 0.2) is 5.16 Å². The molecular weight excluding hydrogens is 220 g/mol. The smallest absolute Gasteiger partial charge is 0.298 e. The second-order valence-corrected chi connectivity index (χ2v) is 3.68. The molecule has 15 heavy (non-hydrogen) atoms. The minimum Gasteiger partial charge on any atom is -0.298 e. The van der Waals surface area contributed by atoms with Gasteiger partial charge in [-0.25, -0.2) is 9.69 Å². The average molecular weight is 233 g/mol. The molecule has 0 aromatic rings. The predicted molar refractivity (Wildman–Crippen MR) is 55.8 cm³/mol. The second-order valence-electron chi connectivity index (χ2n) is 3.41. The zero-order chi connectivity index (χ0) is 11.3. The van der Waals surface area contributed by atoms with E-state index >= 15 is 0 Å². The van der Waals surface area contributed by atoms with Gasteiger partial charge in [-0.15, -0.1) is 11.6 Å².